The maximum Gasteiger partial charge on any atom is 0.337 e. The number of rotatable bonds is 7. The number of aryl methyl sites for hydroxylation is 1. The van der Waals surface area contributed by atoms with E-state index < -0.39 is 11.9 Å². The number of nitrogens with one attached hydrogen (secondary N) is 1. The van der Waals surface area contributed by atoms with Crippen molar-refractivity contribution in [1.29, 1.82) is 0 Å². The number of methoxy groups -OCH3 is 1. The zero-order chi connectivity index (χ0) is 19.1. The Balaban J connectivity index is 1.52. The van der Waals surface area contributed by atoms with Gasteiger partial charge in [-0.15, -0.1) is 16.9 Å². The van der Waals surface area contributed by atoms with E-state index in [1.54, 1.807) is 11.8 Å². The van der Waals surface area contributed by atoms with Crippen LogP contribution in [0.4, 0.5) is 6.01 Å². The molecule has 0 aliphatic carbocycles. The number of amides is 1. The summed E-state index contributed by atoms with van der Waals surface area (Å²) in [6, 6.07) is 16.1. The molecule has 3 rings (SSSR count). The third-order valence-corrected chi connectivity index (χ3v) is 4.60. The Labute approximate surface area is 160 Å². The van der Waals surface area contributed by atoms with Gasteiger partial charge in [-0.3, -0.25) is 10.1 Å². The standard InChI is InChI=1S/C19H17N3O4S/c1-25-18(24)14-9-7-13(8-10-14)17(23)20-19-22-21-16(26-19)11-12-27-15-5-3-2-4-6-15/h2-10H,11-12H2,1H3,(H,20,22,23). The molecule has 27 heavy (non-hydrogen) atoms. The third kappa shape index (κ3) is 5.18. The van der Waals surface area contributed by atoms with Crippen molar-refractivity contribution in [3.05, 3.63) is 71.6 Å². The Morgan fingerprint density at radius 2 is 1.74 bits per heavy atom. The Morgan fingerprint density at radius 3 is 2.44 bits per heavy atom. The molecule has 0 aliphatic heterocycles. The van der Waals surface area contributed by atoms with E-state index in [0.29, 0.717) is 23.4 Å². The zero-order valence-corrected chi connectivity index (χ0v) is 15.4. The number of carbonyl (C=O) groups is 2. The molecule has 8 heteroatoms. The number of aromatic nitrogens is 2. The monoisotopic (exact) mass is 383 g/mol. The topological polar surface area (TPSA) is 94.3 Å². The highest BCUT2D eigenvalue weighted by atomic mass is 32.2. The highest BCUT2D eigenvalue weighted by molar-refractivity contribution is 7.99. The van der Waals surface area contributed by atoms with Crippen molar-refractivity contribution in [3.8, 4) is 0 Å². The normalized spacial score (nSPS) is 10.4. The van der Waals surface area contributed by atoms with E-state index >= 15 is 0 Å². The zero-order valence-electron chi connectivity index (χ0n) is 14.5. The van der Waals surface area contributed by atoms with Gasteiger partial charge >= 0.3 is 12.0 Å². The second-order valence-electron chi connectivity index (χ2n) is 5.44. The second kappa shape index (κ2) is 9.00. The van der Waals surface area contributed by atoms with Crippen molar-refractivity contribution in [2.24, 2.45) is 0 Å². The minimum absolute atomic E-state index is 0.0387. The van der Waals surface area contributed by atoms with Crippen LogP contribution in [0.2, 0.25) is 0 Å². The van der Waals surface area contributed by atoms with E-state index in [9.17, 15) is 9.59 Å². The van der Waals surface area contributed by atoms with E-state index in [1.807, 2.05) is 30.3 Å². The fourth-order valence-corrected chi connectivity index (χ4v) is 3.08. The summed E-state index contributed by atoms with van der Waals surface area (Å²) in [7, 11) is 1.30. The predicted octanol–water partition coefficient (Wildman–Crippen LogP) is 3.44. The molecule has 0 atom stereocenters. The average Bonchev–Trinajstić information content (AvgIpc) is 3.15. The lowest BCUT2D eigenvalue weighted by molar-refractivity contribution is 0.0600. The van der Waals surface area contributed by atoms with Crippen LogP contribution in [0.5, 0.6) is 0 Å². The first-order valence-corrected chi connectivity index (χ1v) is 9.14. The summed E-state index contributed by atoms with van der Waals surface area (Å²) in [5, 5.41) is 10.3. The molecule has 1 heterocycles. The lowest BCUT2D eigenvalue weighted by atomic mass is 10.1. The maximum absolute atomic E-state index is 12.2. The first kappa shape index (κ1) is 18.7. The molecular weight excluding hydrogens is 366 g/mol. The van der Waals surface area contributed by atoms with Crippen molar-refractivity contribution in [1.82, 2.24) is 10.2 Å². The van der Waals surface area contributed by atoms with E-state index in [4.69, 9.17) is 4.42 Å². The summed E-state index contributed by atoms with van der Waals surface area (Å²) in [6.07, 6.45) is 0.594. The van der Waals surface area contributed by atoms with Crippen LogP contribution in [0, 0.1) is 0 Å². The Bertz CT molecular complexity index is 910. The molecule has 2 aromatic carbocycles. The van der Waals surface area contributed by atoms with Gasteiger partial charge in [0.15, 0.2) is 0 Å². The smallest absolute Gasteiger partial charge is 0.337 e. The average molecular weight is 383 g/mol. The van der Waals surface area contributed by atoms with Gasteiger partial charge in [0.05, 0.1) is 12.7 Å². The number of carbonyl (C=O) groups excluding carboxylic acids is 2. The molecule has 0 aliphatic rings. The highest BCUT2D eigenvalue weighted by Gasteiger charge is 2.13. The van der Waals surface area contributed by atoms with Gasteiger partial charge in [-0.25, -0.2) is 4.79 Å². The predicted molar refractivity (Wildman–Crippen MR) is 101 cm³/mol. The summed E-state index contributed by atoms with van der Waals surface area (Å²) in [5.74, 6) is 0.376. The fraction of sp³-hybridized carbons (Fsp3) is 0.158. The van der Waals surface area contributed by atoms with Crippen LogP contribution in [0.3, 0.4) is 0 Å². The lowest BCUT2D eigenvalue weighted by Crippen LogP contribution is -2.12. The Hall–Kier alpha value is -3.13. The molecule has 7 nitrogen and oxygen atoms in total. The minimum atomic E-state index is -0.461. The van der Waals surface area contributed by atoms with Crippen LogP contribution >= 0.6 is 11.8 Å². The number of thioether (sulfide) groups is 1. The summed E-state index contributed by atoms with van der Waals surface area (Å²) in [6.45, 7) is 0. The Morgan fingerprint density at radius 1 is 1.04 bits per heavy atom. The third-order valence-electron chi connectivity index (χ3n) is 3.58. The molecular formula is C19H17N3O4S. The summed E-state index contributed by atoms with van der Waals surface area (Å²) < 4.78 is 10.1. The molecule has 0 spiro atoms. The van der Waals surface area contributed by atoms with Crippen molar-refractivity contribution in [2.75, 3.05) is 18.2 Å². The van der Waals surface area contributed by atoms with Crippen molar-refractivity contribution >= 4 is 29.7 Å². The summed E-state index contributed by atoms with van der Waals surface area (Å²) >= 11 is 1.69. The highest BCUT2D eigenvalue weighted by Crippen LogP contribution is 2.19. The minimum Gasteiger partial charge on any atom is -0.465 e. The molecule has 138 valence electrons. The number of esters is 1. The van der Waals surface area contributed by atoms with Crippen LogP contribution in [0.1, 0.15) is 26.6 Å². The van der Waals surface area contributed by atoms with E-state index in [-0.39, 0.29) is 6.01 Å². The van der Waals surface area contributed by atoms with E-state index in [0.717, 1.165) is 5.75 Å². The molecule has 1 N–H and O–H groups in total. The van der Waals surface area contributed by atoms with Gasteiger partial charge in [0.1, 0.15) is 0 Å². The van der Waals surface area contributed by atoms with Gasteiger partial charge in [0, 0.05) is 22.6 Å². The van der Waals surface area contributed by atoms with Crippen molar-refractivity contribution < 1.29 is 18.7 Å². The SMILES string of the molecule is COC(=O)c1ccc(C(=O)Nc2nnc(CCSc3ccccc3)o2)cc1. The number of anilines is 1. The Kier molecular flexibility index (Phi) is 6.22. The fourth-order valence-electron chi connectivity index (χ4n) is 2.22. The molecule has 0 bridgehead atoms. The lowest BCUT2D eigenvalue weighted by Gasteiger charge is -2.02. The first-order chi connectivity index (χ1) is 13.2. The van der Waals surface area contributed by atoms with Crippen LogP contribution < -0.4 is 5.32 Å². The van der Waals surface area contributed by atoms with Crippen LogP contribution in [-0.2, 0) is 11.2 Å². The van der Waals surface area contributed by atoms with Gasteiger partial charge in [0.25, 0.3) is 5.91 Å². The van der Waals surface area contributed by atoms with Crippen molar-refractivity contribution in [2.45, 2.75) is 11.3 Å². The van der Waals surface area contributed by atoms with Gasteiger partial charge in [-0.2, -0.15) is 0 Å². The number of hydrogen-bond donors (Lipinski definition) is 1. The summed E-state index contributed by atoms with van der Waals surface area (Å²) in [4.78, 5) is 24.8. The first-order valence-electron chi connectivity index (χ1n) is 8.15. The van der Waals surface area contributed by atoms with Gasteiger partial charge in [-0.1, -0.05) is 23.3 Å². The second-order valence-corrected chi connectivity index (χ2v) is 6.60. The molecule has 0 unspecified atom stereocenters. The number of ether oxygens (including phenoxy) is 1. The van der Waals surface area contributed by atoms with E-state index in [2.05, 4.69) is 20.3 Å². The maximum atomic E-state index is 12.2. The largest absolute Gasteiger partial charge is 0.465 e. The van der Waals surface area contributed by atoms with Gasteiger partial charge < -0.3 is 9.15 Å². The molecule has 0 radical (unpaired) electrons. The number of benzene rings is 2. The van der Waals surface area contributed by atoms with Crippen LogP contribution in [-0.4, -0.2) is 34.9 Å². The quantitative estimate of drug-likeness (QED) is 0.493. The molecule has 1 amide bonds. The van der Waals surface area contributed by atoms with Crippen LogP contribution in [0.15, 0.2) is 63.9 Å². The molecule has 0 saturated carbocycles. The van der Waals surface area contributed by atoms with Crippen molar-refractivity contribution in [3.63, 3.8) is 0 Å². The molecule has 0 fully saturated rings. The molecule has 3 aromatic rings. The van der Waals surface area contributed by atoms with Gasteiger partial charge in [0.2, 0.25) is 5.89 Å². The van der Waals surface area contributed by atoms with Crippen LogP contribution in [0.25, 0.3) is 0 Å². The van der Waals surface area contributed by atoms with Gasteiger partial charge in [-0.05, 0) is 36.4 Å². The number of nitrogens with zero attached hydrogens (tertiary/aromatic N) is 2. The molecule has 0 saturated heterocycles. The number of hydrogen-bond acceptors (Lipinski definition) is 7. The van der Waals surface area contributed by atoms with E-state index in [1.165, 1.54) is 36.3 Å². The summed E-state index contributed by atoms with van der Waals surface area (Å²) in [5.41, 5.74) is 0.729. The molecule has 1 aromatic heterocycles.